The highest BCUT2D eigenvalue weighted by molar-refractivity contribution is 7.89. The van der Waals surface area contributed by atoms with E-state index in [1.54, 1.807) is 0 Å². The minimum Gasteiger partial charge on any atom is -0.507 e. The molecule has 0 heterocycles. The molecule has 1 amide bonds. The molecule has 0 spiro atoms. The number of nitrogens with zero attached hydrogens (tertiary/aromatic N) is 1. The lowest BCUT2D eigenvalue weighted by atomic mass is 10.1. The number of fused-ring (bicyclic) bond motifs is 1. The zero-order chi connectivity index (χ0) is 26.5. The number of nitro groups is 1. The molecule has 0 saturated heterocycles. The molecule has 0 atom stereocenters. The van der Waals surface area contributed by atoms with Crippen LogP contribution < -0.4 is 5.32 Å². The van der Waals surface area contributed by atoms with Crippen molar-refractivity contribution in [2.24, 2.45) is 0 Å². The van der Waals surface area contributed by atoms with Gasteiger partial charge in [0.05, 0.1) is 15.5 Å². The fourth-order valence-electron chi connectivity index (χ4n) is 3.09. The summed E-state index contributed by atoms with van der Waals surface area (Å²) >= 11 is 0. The first kappa shape index (κ1) is 25.9. The summed E-state index contributed by atoms with van der Waals surface area (Å²) in [5.41, 5.74) is -1.81. The average Bonchev–Trinajstić information content (AvgIpc) is 2.70. The van der Waals surface area contributed by atoms with E-state index in [-0.39, 0.29) is 5.56 Å². The lowest BCUT2D eigenvalue weighted by Gasteiger charge is -2.17. The molecule has 0 aliphatic carbocycles. The largest absolute Gasteiger partial charge is 0.507 e. The van der Waals surface area contributed by atoms with Gasteiger partial charge in [0.1, 0.15) is 15.5 Å². The van der Waals surface area contributed by atoms with Crippen molar-refractivity contribution in [3.63, 3.8) is 0 Å². The van der Waals surface area contributed by atoms with E-state index in [4.69, 9.17) is 0 Å². The molecule has 15 nitrogen and oxygen atoms in total. The van der Waals surface area contributed by atoms with Crippen LogP contribution in [0.5, 0.6) is 5.75 Å². The van der Waals surface area contributed by atoms with Crippen molar-refractivity contribution in [3.05, 3.63) is 58.1 Å². The van der Waals surface area contributed by atoms with Gasteiger partial charge >= 0.3 is 0 Å². The molecule has 0 bridgehead atoms. The fourth-order valence-corrected chi connectivity index (χ4v) is 5.59. The molecule has 0 fully saturated rings. The number of phenols is 1. The van der Waals surface area contributed by atoms with Gasteiger partial charge in [-0.3, -0.25) is 28.6 Å². The monoisotopic (exact) mass is 548 g/mol. The molecule has 18 heteroatoms. The molecule has 0 aliphatic rings. The van der Waals surface area contributed by atoms with Crippen LogP contribution >= 0.6 is 0 Å². The van der Waals surface area contributed by atoms with Crippen molar-refractivity contribution in [2.75, 3.05) is 5.32 Å². The second kappa shape index (κ2) is 8.52. The summed E-state index contributed by atoms with van der Waals surface area (Å²) in [7, 11) is -16.0. The molecule has 5 N–H and O–H groups in total. The van der Waals surface area contributed by atoms with Crippen LogP contribution in [0.2, 0.25) is 0 Å². The van der Waals surface area contributed by atoms with Gasteiger partial charge in [-0.25, -0.2) is 0 Å². The fraction of sp³-hybridized carbons (Fsp3) is 0. The normalized spacial score (nSPS) is 12.4. The number of carbonyl (C=O) groups is 1. The van der Waals surface area contributed by atoms with Crippen LogP contribution in [0.25, 0.3) is 10.8 Å². The Kier molecular flexibility index (Phi) is 6.31. The number of anilines is 1. The van der Waals surface area contributed by atoms with Gasteiger partial charge in [0.2, 0.25) is 0 Å². The van der Waals surface area contributed by atoms with Gasteiger partial charge in [-0.2, -0.15) is 25.3 Å². The minimum absolute atomic E-state index is 0.323. The standard InChI is InChI=1S/C17H12N2O13S3/c20-12-7-11(33(24,25)26)5-9-6-13(34(27,28)29)16(35(30,31)32)15(14(9)12)18-17(21)8-1-3-10(4-2-8)19(22)23/h1-7,20H,(H,18,21)(H,24,25,26)(H,27,28,29)(H,30,31,32). The Bertz CT molecular complexity index is 1730. The summed E-state index contributed by atoms with van der Waals surface area (Å²) in [5.74, 6) is -2.29. The number of non-ortho nitro benzene ring substituents is 1. The molecule has 0 radical (unpaired) electrons. The maximum absolute atomic E-state index is 12.7. The third-order valence-corrected chi connectivity index (χ3v) is 7.30. The summed E-state index contributed by atoms with van der Waals surface area (Å²) in [6.07, 6.45) is 0. The highest BCUT2D eigenvalue weighted by Crippen LogP contribution is 2.42. The third kappa shape index (κ3) is 5.21. The summed E-state index contributed by atoms with van der Waals surface area (Å²) in [6, 6.07) is 5.15. The summed E-state index contributed by atoms with van der Waals surface area (Å²) in [5, 5.41) is 21.8. The summed E-state index contributed by atoms with van der Waals surface area (Å²) in [4.78, 5) is 18.7. The lowest BCUT2D eigenvalue weighted by molar-refractivity contribution is -0.384. The number of phenolic OH excluding ortho intramolecular Hbond substituents is 1. The van der Waals surface area contributed by atoms with Gasteiger partial charge in [-0.15, -0.1) is 0 Å². The summed E-state index contributed by atoms with van der Waals surface area (Å²) < 4.78 is 99.4. The van der Waals surface area contributed by atoms with E-state index in [1.165, 1.54) is 0 Å². The smallest absolute Gasteiger partial charge is 0.298 e. The minimum atomic E-state index is -5.56. The van der Waals surface area contributed by atoms with E-state index in [0.717, 1.165) is 24.3 Å². The zero-order valence-corrected chi connectivity index (χ0v) is 19.1. The Morgan fingerprint density at radius 2 is 1.43 bits per heavy atom. The molecule has 3 rings (SSSR count). The second-order valence-corrected chi connectivity index (χ2v) is 11.0. The molecule has 0 unspecified atom stereocenters. The topological polar surface area (TPSA) is 256 Å². The maximum atomic E-state index is 12.7. The van der Waals surface area contributed by atoms with Crippen molar-refractivity contribution in [2.45, 2.75) is 14.7 Å². The number of benzene rings is 3. The van der Waals surface area contributed by atoms with Crippen molar-refractivity contribution in [1.82, 2.24) is 0 Å². The Morgan fingerprint density at radius 3 is 1.89 bits per heavy atom. The van der Waals surface area contributed by atoms with E-state index in [9.17, 15) is 58.9 Å². The number of amides is 1. The predicted molar refractivity (Wildman–Crippen MR) is 116 cm³/mol. The molecule has 0 saturated carbocycles. The first-order valence-corrected chi connectivity index (χ1v) is 13.1. The molecular formula is C17H12N2O13S3. The van der Waals surface area contributed by atoms with Crippen LogP contribution in [0.3, 0.4) is 0 Å². The van der Waals surface area contributed by atoms with Crippen LogP contribution in [-0.2, 0) is 30.4 Å². The highest BCUT2D eigenvalue weighted by Gasteiger charge is 2.32. The average molecular weight is 548 g/mol. The van der Waals surface area contributed by atoms with Gasteiger partial charge in [0.25, 0.3) is 41.9 Å². The van der Waals surface area contributed by atoms with Gasteiger partial charge in [0.15, 0.2) is 0 Å². The van der Waals surface area contributed by atoms with Gasteiger partial charge in [-0.05, 0) is 29.7 Å². The third-order valence-electron chi connectivity index (χ3n) is 4.52. The molecule has 0 aliphatic heterocycles. The van der Waals surface area contributed by atoms with Crippen LogP contribution in [-0.4, -0.2) is 54.8 Å². The van der Waals surface area contributed by atoms with Gasteiger partial charge < -0.3 is 10.4 Å². The number of carbonyl (C=O) groups excluding carboxylic acids is 1. The number of rotatable bonds is 6. The number of nitro benzene ring substituents is 1. The van der Waals surface area contributed by atoms with Crippen LogP contribution in [0.15, 0.2) is 57.2 Å². The van der Waals surface area contributed by atoms with Crippen molar-refractivity contribution in [3.8, 4) is 5.75 Å². The van der Waals surface area contributed by atoms with Crippen molar-refractivity contribution < 1.29 is 53.7 Å². The van der Waals surface area contributed by atoms with E-state index in [0.29, 0.717) is 18.2 Å². The van der Waals surface area contributed by atoms with Crippen LogP contribution in [0.1, 0.15) is 10.4 Å². The Hall–Kier alpha value is -3.68. The van der Waals surface area contributed by atoms with Crippen molar-refractivity contribution >= 4 is 58.4 Å². The highest BCUT2D eigenvalue weighted by atomic mass is 32.2. The Balaban J connectivity index is 2.41. The quantitative estimate of drug-likeness (QED) is 0.166. The van der Waals surface area contributed by atoms with Gasteiger partial charge in [0, 0.05) is 29.1 Å². The number of aromatic hydroxyl groups is 1. The van der Waals surface area contributed by atoms with E-state index >= 15 is 0 Å². The van der Waals surface area contributed by atoms with Crippen LogP contribution in [0.4, 0.5) is 11.4 Å². The van der Waals surface area contributed by atoms with E-state index in [2.05, 4.69) is 0 Å². The summed E-state index contributed by atoms with van der Waals surface area (Å²) in [6.45, 7) is 0. The molecule has 3 aromatic carbocycles. The molecule has 3 aromatic rings. The Labute approximate surface area is 196 Å². The molecular weight excluding hydrogens is 536 g/mol. The predicted octanol–water partition coefficient (Wildman–Crippen LogP) is 1.45. The molecule has 186 valence electrons. The van der Waals surface area contributed by atoms with E-state index < -0.39 is 83.8 Å². The number of hydrogen-bond acceptors (Lipinski definition) is 10. The zero-order valence-electron chi connectivity index (χ0n) is 16.7. The molecule has 0 aromatic heterocycles. The van der Waals surface area contributed by atoms with Crippen molar-refractivity contribution in [1.29, 1.82) is 0 Å². The van der Waals surface area contributed by atoms with Crippen LogP contribution in [0, 0.1) is 10.1 Å². The first-order chi connectivity index (χ1) is 15.9. The SMILES string of the molecule is O=C(Nc1c(S(=O)(=O)O)c(S(=O)(=O)O)cc2cc(S(=O)(=O)O)cc(O)c12)c1ccc([N+](=O)[O-])cc1. The lowest BCUT2D eigenvalue weighted by Crippen LogP contribution is -2.18. The first-order valence-electron chi connectivity index (χ1n) is 8.73. The Morgan fingerprint density at radius 1 is 0.857 bits per heavy atom. The maximum Gasteiger partial charge on any atom is 0.298 e. The van der Waals surface area contributed by atoms with E-state index in [1.807, 2.05) is 5.32 Å². The second-order valence-electron chi connectivity index (χ2n) is 6.80. The number of nitrogens with one attached hydrogen (secondary N) is 1. The molecule has 35 heavy (non-hydrogen) atoms. The van der Waals surface area contributed by atoms with Gasteiger partial charge in [-0.1, -0.05) is 0 Å². The number of hydrogen-bond donors (Lipinski definition) is 5.